The van der Waals surface area contributed by atoms with Gasteiger partial charge in [-0.15, -0.1) is 16.4 Å². The van der Waals surface area contributed by atoms with Crippen LogP contribution in [0.2, 0.25) is 0 Å². The number of hydrogen-bond acceptors (Lipinski definition) is 5. The van der Waals surface area contributed by atoms with Crippen molar-refractivity contribution in [1.29, 1.82) is 0 Å². The van der Waals surface area contributed by atoms with Gasteiger partial charge in [-0.25, -0.2) is 4.68 Å². The molecule has 4 rings (SSSR count). The Labute approximate surface area is 154 Å². The molecule has 3 aromatic rings. The van der Waals surface area contributed by atoms with E-state index >= 15 is 0 Å². The summed E-state index contributed by atoms with van der Waals surface area (Å²) < 4.78 is 1.50. The van der Waals surface area contributed by atoms with Gasteiger partial charge in [0.05, 0.1) is 10.4 Å². The number of rotatable bonds is 3. The predicted molar refractivity (Wildman–Crippen MR) is 98.7 cm³/mol. The number of benzene rings is 1. The molecule has 0 saturated heterocycles. The molecular weight excluding hydrogens is 350 g/mol. The summed E-state index contributed by atoms with van der Waals surface area (Å²) in [7, 11) is 0. The smallest absolute Gasteiger partial charge is 0.271 e. The van der Waals surface area contributed by atoms with Crippen LogP contribution in [0, 0.1) is 0 Å². The average Bonchev–Trinajstić information content (AvgIpc) is 3.18. The van der Waals surface area contributed by atoms with Gasteiger partial charge < -0.3 is 0 Å². The molecular formula is C18H19N5O2S. The molecule has 0 saturated carbocycles. The molecule has 8 heteroatoms. The van der Waals surface area contributed by atoms with Crippen LogP contribution in [0.4, 0.5) is 0 Å². The summed E-state index contributed by atoms with van der Waals surface area (Å²) in [5, 5.41) is 7.98. The van der Waals surface area contributed by atoms with Gasteiger partial charge in [-0.05, 0) is 49.4 Å². The lowest BCUT2D eigenvalue weighted by Gasteiger charge is -2.06. The van der Waals surface area contributed by atoms with Crippen molar-refractivity contribution >= 4 is 34.2 Å². The van der Waals surface area contributed by atoms with E-state index in [1.807, 2.05) is 30.3 Å². The monoisotopic (exact) mass is 369 g/mol. The van der Waals surface area contributed by atoms with E-state index in [0.29, 0.717) is 4.88 Å². The number of aryl methyl sites for hydroxylation is 2. The van der Waals surface area contributed by atoms with Crippen molar-refractivity contribution in [2.24, 2.45) is 0 Å². The van der Waals surface area contributed by atoms with E-state index in [-0.39, 0.29) is 18.4 Å². The maximum absolute atomic E-state index is 12.3. The van der Waals surface area contributed by atoms with Gasteiger partial charge >= 0.3 is 0 Å². The number of carbonyl (C=O) groups is 2. The Balaban J connectivity index is 1.36. The molecule has 0 atom stereocenters. The molecule has 2 N–H and O–H groups in total. The lowest BCUT2D eigenvalue weighted by molar-refractivity contribution is -0.122. The molecule has 1 aliphatic carbocycles. The number of hydrogen-bond donors (Lipinski definition) is 2. The molecule has 0 aliphatic heterocycles. The van der Waals surface area contributed by atoms with Crippen molar-refractivity contribution in [1.82, 2.24) is 25.8 Å². The second kappa shape index (κ2) is 7.25. The maximum atomic E-state index is 12.3. The van der Waals surface area contributed by atoms with Crippen LogP contribution in [0.5, 0.6) is 0 Å². The molecule has 2 aromatic heterocycles. The average molecular weight is 369 g/mol. The highest BCUT2D eigenvalue weighted by molar-refractivity contribution is 7.14. The van der Waals surface area contributed by atoms with Crippen molar-refractivity contribution in [2.75, 3.05) is 0 Å². The number of para-hydroxylation sites is 1. The predicted octanol–water partition coefficient (Wildman–Crippen LogP) is 2.22. The summed E-state index contributed by atoms with van der Waals surface area (Å²) in [6.45, 7) is -0.0122. The van der Waals surface area contributed by atoms with Crippen molar-refractivity contribution < 1.29 is 9.59 Å². The van der Waals surface area contributed by atoms with Crippen molar-refractivity contribution in [3.8, 4) is 0 Å². The topological polar surface area (TPSA) is 88.9 Å². The number of nitrogens with zero attached hydrogens (tertiary/aromatic N) is 3. The minimum absolute atomic E-state index is 0.0122. The van der Waals surface area contributed by atoms with E-state index in [2.05, 4.69) is 21.2 Å². The Bertz CT molecular complexity index is 938. The van der Waals surface area contributed by atoms with Gasteiger partial charge in [-0.2, -0.15) is 0 Å². The largest absolute Gasteiger partial charge is 0.279 e. The summed E-state index contributed by atoms with van der Waals surface area (Å²) in [5.74, 6) is -0.632. The summed E-state index contributed by atoms with van der Waals surface area (Å²) in [6, 6.07) is 9.36. The Kier molecular flexibility index (Phi) is 4.66. The van der Waals surface area contributed by atoms with Crippen molar-refractivity contribution in [3.05, 3.63) is 45.6 Å². The second-order valence-corrected chi connectivity index (χ2v) is 7.49. The van der Waals surface area contributed by atoms with Gasteiger partial charge in [0.1, 0.15) is 12.1 Å². The van der Waals surface area contributed by atoms with Crippen LogP contribution >= 0.6 is 11.3 Å². The van der Waals surface area contributed by atoms with E-state index in [0.717, 1.165) is 23.9 Å². The van der Waals surface area contributed by atoms with E-state index in [1.165, 1.54) is 45.7 Å². The van der Waals surface area contributed by atoms with Gasteiger partial charge in [-0.1, -0.05) is 23.8 Å². The van der Waals surface area contributed by atoms with Crippen LogP contribution in [0.25, 0.3) is 11.0 Å². The van der Waals surface area contributed by atoms with Crippen molar-refractivity contribution in [2.45, 2.75) is 38.6 Å². The van der Waals surface area contributed by atoms with Crippen LogP contribution in [0.15, 0.2) is 30.3 Å². The van der Waals surface area contributed by atoms with Crippen molar-refractivity contribution in [3.63, 3.8) is 0 Å². The highest BCUT2D eigenvalue weighted by Crippen LogP contribution is 2.28. The van der Waals surface area contributed by atoms with E-state index < -0.39 is 0 Å². The third-order valence-electron chi connectivity index (χ3n) is 4.50. The number of nitrogens with one attached hydrogen (secondary N) is 2. The third kappa shape index (κ3) is 3.45. The normalized spacial score (nSPS) is 13.8. The van der Waals surface area contributed by atoms with Crippen LogP contribution in [0.1, 0.15) is 39.4 Å². The molecule has 2 heterocycles. The standard InChI is InChI=1S/C18H19N5O2S/c24-17(11-23-14-8-5-4-7-13(14)19-22-23)20-21-18(25)16-10-12-6-2-1-3-9-15(12)26-16/h4-5,7-8,10H,1-3,6,9,11H2,(H,20,24)(H,21,25). The zero-order valence-corrected chi connectivity index (χ0v) is 15.0. The van der Waals surface area contributed by atoms with Crippen LogP contribution < -0.4 is 10.9 Å². The molecule has 0 radical (unpaired) electrons. The highest BCUT2D eigenvalue weighted by atomic mass is 32.1. The number of fused-ring (bicyclic) bond motifs is 2. The first-order valence-corrected chi connectivity index (χ1v) is 9.51. The Hall–Kier alpha value is -2.74. The fraction of sp³-hybridized carbons (Fsp3) is 0.333. The highest BCUT2D eigenvalue weighted by Gasteiger charge is 2.17. The lowest BCUT2D eigenvalue weighted by Crippen LogP contribution is -2.43. The minimum Gasteiger partial charge on any atom is -0.271 e. The first-order valence-electron chi connectivity index (χ1n) is 8.70. The Morgan fingerprint density at radius 3 is 2.88 bits per heavy atom. The maximum Gasteiger partial charge on any atom is 0.279 e. The second-order valence-electron chi connectivity index (χ2n) is 6.36. The molecule has 7 nitrogen and oxygen atoms in total. The molecule has 0 fully saturated rings. The van der Waals surface area contributed by atoms with Gasteiger partial charge in [-0.3, -0.25) is 20.4 Å². The van der Waals surface area contributed by atoms with Crippen LogP contribution in [-0.2, 0) is 24.2 Å². The molecule has 134 valence electrons. The summed E-state index contributed by atoms with van der Waals surface area (Å²) >= 11 is 1.52. The molecule has 1 aliphatic rings. The first-order chi connectivity index (χ1) is 12.7. The van der Waals surface area contributed by atoms with Gasteiger partial charge in [0.2, 0.25) is 0 Å². The van der Waals surface area contributed by atoms with E-state index in [4.69, 9.17) is 0 Å². The number of amides is 2. The van der Waals surface area contributed by atoms with Crippen LogP contribution in [0.3, 0.4) is 0 Å². The molecule has 0 unspecified atom stereocenters. The Morgan fingerprint density at radius 2 is 1.96 bits per heavy atom. The molecule has 2 amide bonds. The van der Waals surface area contributed by atoms with Crippen LogP contribution in [-0.4, -0.2) is 26.8 Å². The quantitative estimate of drug-likeness (QED) is 0.547. The summed E-state index contributed by atoms with van der Waals surface area (Å²) in [6.07, 6.45) is 5.67. The lowest BCUT2D eigenvalue weighted by atomic mass is 10.1. The third-order valence-corrected chi connectivity index (χ3v) is 5.74. The molecule has 1 aromatic carbocycles. The molecule has 0 spiro atoms. The molecule has 26 heavy (non-hydrogen) atoms. The number of hydrazine groups is 1. The Morgan fingerprint density at radius 1 is 1.12 bits per heavy atom. The van der Waals surface area contributed by atoms with Gasteiger partial charge in [0.15, 0.2) is 0 Å². The number of thiophene rings is 1. The van der Waals surface area contributed by atoms with E-state index in [1.54, 1.807) is 0 Å². The summed E-state index contributed by atoms with van der Waals surface area (Å²) in [4.78, 5) is 26.4. The zero-order chi connectivity index (χ0) is 17.9. The molecule has 0 bridgehead atoms. The van der Waals surface area contributed by atoms with Gasteiger partial charge in [0, 0.05) is 4.88 Å². The SMILES string of the molecule is O=C(Cn1nnc2ccccc21)NNC(=O)c1cc2c(s1)CCCCC2. The van der Waals surface area contributed by atoms with E-state index in [9.17, 15) is 9.59 Å². The number of carbonyl (C=O) groups excluding carboxylic acids is 2. The number of aromatic nitrogens is 3. The first kappa shape index (κ1) is 16.7. The zero-order valence-electron chi connectivity index (χ0n) is 14.2. The fourth-order valence-corrected chi connectivity index (χ4v) is 4.33. The minimum atomic E-state index is -0.355. The summed E-state index contributed by atoms with van der Waals surface area (Å²) in [5.41, 5.74) is 7.73. The van der Waals surface area contributed by atoms with Gasteiger partial charge in [0.25, 0.3) is 11.8 Å². The fourth-order valence-electron chi connectivity index (χ4n) is 3.18.